The van der Waals surface area contributed by atoms with E-state index in [2.05, 4.69) is 15.9 Å². The summed E-state index contributed by atoms with van der Waals surface area (Å²) in [6.07, 6.45) is 0.474. The zero-order valence-electron chi connectivity index (χ0n) is 15.0. The molecule has 1 unspecified atom stereocenters. The number of carbonyl (C=O) groups is 2. The van der Waals surface area contributed by atoms with Gasteiger partial charge in [0.25, 0.3) is 11.8 Å². The van der Waals surface area contributed by atoms with Gasteiger partial charge in [0.15, 0.2) is 5.54 Å². The van der Waals surface area contributed by atoms with Crippen LogP contribution in [0.15, 0.2) is 40.9 Å². The van der Waals surface area contributed by atoms with Crippen LogP contribution in [0.25, 0.3) is 0 Å². The summed E-state index contributed by atoms with van der Waals surface area (Å²) in [6.45, 7) is 0.791. The normalized spacial score (nSPS) is 21.3. The van der Waals surface area contributed by atoms with Crippen LogP contribution in [-0.2, 0) is 16.9 Å². The van der Waals surface area contributed by atoms with Crippen LogP contribution in [0.2, 0.25) is 0 Å². The van der Waals surface area contributed by atoms with Crippen molar-refractivity contribution in [1.29, 1.82) is 0 Å². The van der Waals surface area contributed by atoms with E-state index in [4.69, 9.17) is 4.74 Å². The Morgan fingerprint density at radius 3 is 2.52 bits per heavy atom. The summed E-state index contributed by atoms with van der Waals surface area (Å²) >= 11 is 3.38. The number of amides is 2. The average Bonchev–Trinajstić information content (AvgIpc) is 3.07. The van der Waals surface area contributed by atoms with Gasteiger partial charge in [0.2, 0.25) is 0 Å². The lowest BCUT2D eigenvalue weighted by Crippen LogP contribution is -2.48. The topological polar surface area (TPSA) is 49.9 Å². The highest BCUT2D eigenvalue weighted by atomic mass is 79.9. The lowest BCUT2D eigenvalue weighted by atomic mass is 9.87. The van der Waals surface area contributed by atoms with Gasteiger partial charge in [0, 0.05) is 42.2 Å². The number of hydrogen-bond donors (Lipinski definition) is 0. The van der Waals surface area contributed by atoms with Crippen LogP contribution in [0.4, 0.5) is 4.39 Å². The quantitative estimate of drug-likeness (QED) is 0.747. The minimum Gasteiger partial charge on any atom is -0.497 e. The average molecular weight is 433 g/mol. The predicted molar refractivity (Wildman–Crippen MR) is 101 cm³/mol. The fourth-order valence-corrected chi connectivity index (χ4v) is 4.83. The fraction of sp³-hybridized carbons (Fsp3) is 0.300. The van der Waals surface area contributed by atoms with Gasteiger partial charge in [-0.05, 0) is 29.8 Å². The number of hydrogen-bond acceptors (Lipinski definition) is 3. The summed E-state index contributed by atoms with van der Waals surface area (Å²) in [7, 11) is 3.31. The third-order valence-electron chi connectivity index (χ3n) is 5.41. The Hall–Kier alpha value is -2.41. The molecule has 4 rings (SSSR count). The minimum atomic E-state index is -1.10. The predicted octanol–water partition coefficient (Wildman–Crippen LogP) is 3.31. The summed E-state index contributed by atoms with van der Waals surface area (Å²) in [5.41, 5.74) is 0.583. The van der Waals surface area contributed by atoms with Crippen LogP contribution in [0.3, 0.4) is 0 Å². The van der Waals surface area contributed by atoms with E-state index < -0.39 is 11.4 Å². The zero-order valence-corrected chi connectivity index (χ0v) is 16.5. The molecule has 1 spiro atoms. The number of methoxy groups -OCH3 is 1. The molecule has 2 heterocycles. The van der Waals surface area contributed by atoms with Crippen molar-refractivity contribution in [3.05, 3.63) is 63.4 Å². The van der Waals surface area contributed by atoms with E-state index in [0.29, 0.717) is 28.8 Å². The number of benzene rings is 2. The van der Waals surface area contributed by atoms with Crippen LogP contribution in [-0.4, -0.2) is 42.3 Å². The first-order valence-corrected chi connectivity index (χ1v) is 9.38. The molecule has 0 aromatic heterocycles. The highest BCUT2D eigenvalue weighted by molar-refractivity contribution is 9.10. The number of ether oxygens (including phenoxy) is 1. The van der Waals surface area contributed by atoms with Gasteiger partial charge >= 0.3 is 0 Å². The first kappa shape index (κ1) is 18.0. The van der Waals surface area contributed by atoms with Gasteiger partial charge in [-0.2, -0.15) is 0 Å². The van der Waals surface area contributed by atoms with Crippen LogP contribution >= 0.6 is 15.9 Å². The molecule has 1 fully saturated rings. The number of nitrogens with zero attached hydrogens (tertiary/aromatic N) is 2. The molecule has 0 saturated carbocycles. The van der Waals surface area contributed by atoms with E-state index in [1.54, 1.807) is 24.0 Å². The summed E-state index contributed by atoms with van der Waals surface area (Å²) in [5, 5.41) is 0. The third-order valence-corrected chi connectivity index (χ3v) is 6.04. The van der Waals surface area contributed by atoms with E-state index in [-0.39, 0.29) is 23.9 Å². The van der Waals surface area contributed by atoms with Crippen molar-refractivity contribution in [3.8, 4) is 5.75 Å². The molecule has 1 atom stereocenters. The summed E-state index contributed by atoms with van der Waals surface area (Å²) in [6, 6.07) is 9.89. The number of likely N-dealkylation sites (N-methyl/N-ethyl adjacent to an activating group) is 1. The molecule has 140 valence electrons. The highest BCUT2D eigenvalue weighted by Gasteiger charge is 2.59. The minimum absolute atomic E-state index is 0.143. The largest absolute Gasteiger partial charge is 0.497 e. The molecule has 2 aliphatic heterocycles. The maximum Gasteiger partial charge on any atom is 0.255 e. The molecule has 2 aliphatic rings. The monoisotopic (exact) mass is 432 g/mol. The van der Waals surface area contributed by atoms with E-state index in [9.17, 15) is 14.0 Å². The SMILES string of the molecule is COc1ccc(CN2C(=O)c3cc(F)cc(Br)c3C23CCN(C)C3=O)cc1. The van der Waals surface area contributed by atoms with Crippen molar-refractivity contribution in [1.82, 2.24) is 9.80 Å². The molecule has 0 N–H and O–H groups in total. The summed E-state index contributed by atoms with van der Waals surface area (Å²) < 4.78 is 19.6. The van der Waals surface area contributed by atoms with Crippen molar-refractivity contribution >= 4 is 27.7 Å². The number of likely N-dealkylation sites (tertiary alicyclic amines) is 1. The standard InChI is InChI=1S/C20H18BrFN2O3/c1-23-8-7-20(19(23)26)17-15(9-13(22)10-16(17)21)18(25)24(20)11-12-3-5-14(27-2)6-4-12/h3-6,9-10H,7-8,11H2,1-2H3. The molecule has 1 saturated heterocycles. The lowest BCUT2D eigenvalue weighted by molar-refractivity contribution is -0.136. The van der Waals surface area contributed by atoms with Gasteiger partial charge < -0.3 is 14.5 Å². The van der Waals surface area contributed by atoms with Crippen LogP contribution in [0.5, 0.6) is 5.75 Å². The highest BCUT2D eigenvalue weighted by Crippen LogP contribution is 2.49. The molecular weight excluding hydrogens is 415 g/mol. The van der Waals surface area contributed by atoms with Crippen molar-refractivity contribution < 1.29 is 18.7 Å². The lowest BCUT2D eigenvalue weighted by Gasteiger charge is -2.34. The molecule has 5 nitrogen and oxygen atoms in total. The Balaban J connectivity index is 1.84. The Bertz CT molecular complexity index is 947. The number of halogens is 2. The Morgan fingerprint density at radius 2 is 1.93 bits per heavy atom. The number of rotatable bonds is 3. The first-order chi connectivity index (χ1) is 12.9. The second-order valence-corrected chi connectivity index (χ2v) is 7.74. The van der Waals surface area contributed by atoms with Gasteiger partial charge in [-0.1, -0.05) is 28.1 Å². The fourth-order valence-electron chi connectivity index (χ4n) is 4.07. The maximum atomic E-state index is 14.0. The molecular formula is C20H18BrFN2O3. The molecule has 0 aliphatic carbocycles. The first-order valence-electron chi connectivity index (χ1n) is 8.58. The third kappa shape index (κ3) is 2.56. The van der Waals surface area contributed by atoms with Crippen molar-refractivity contribution in [2.75, 3.05) is 20.7 Å². The Kier molecular flexibility index (Phi) is 4.22. The van der Waals surface area contributed by atoms with Crippen molar-refractivity contribution in [2.24, 2.45) is 0 Å². The number of fused-ring (bicyclic) bond motifs is 2. The van der Waals surface area contributed by atoms with Crippen molar-refractivity contribution in [3.63, 3.8) is 0 Å². The maximum absolute atomic E-state index is 14.0. The van der Waals surface area contributed by atoms with Crippen molar-refractivity contribution in [2.45, 2.75) is 18.5 Å². The van der Waals surface area contributed by atoms with Gasteiger partial charge in [0.1, 0.15) is 11.6 Å². The van der Waals surface area contributed by atoms with E-state index in [1.165, 1.54) is 12.1 Å². The van der Waals surface area contributed by atoms with Gasteiger partial charge in [0.05, 0.1) is 7.11 Å². The summed E-state index contributed by atoms with van der Waals surface area (Å²) in [4.78, 5) is 29.6. The van der Waals surface area contributed by atoms with Crippen LogP contribution in [0.1, 0.15) is 27.9 Å². The second kappa shape index (κ2) is 6.34. The van der Waals surface area contributed by atoms with Crippen LogP contribution < -0.4 is 4.74 Å². The van der Waals surface area contributed by atoms with E-state index in [0.717, 1.165) is 5.56 Å². The molecule has 7 heteroatoms. The molecule has 0 bridgehead atoms. The molecule has 0 radical (unpaired) electrons. The molecule has 2 aromatic carbocycles. The van der Waals surface area contributed by atoms with E-state index in [1.807, 2.05) is 24.3 Å². The summed E-state index contributed by atoms with van der Waals surface area (Å²) in [5.74, 6) is -0.264. The van der Waals surface area contributed by atoms with Gasteiger partial charge in [-0.3, -0.25) is 9.59 Å². The van der Waals surface area contributed by atoms with Gasteiger partial charge in [-0.15, -0.1) is 0 Å². The number of carbonyl (C=O) groups excluding carboxylic acids is 2. The molecule has 27 heavy (non-hydrogen) atoms. The zero-order chi connectivity index (χ0) is 19.3. The molecule has 2 aromatic rings. The van der Waals surface area contributed by atoms with Gasteiger partial charge in [-0.25, -0.2) is 4.39 Å². The Labute approximate surface area is 164 Å². The second-order valence-electron chi connectivity index (χ2n) is 6.89. The Morgan fingerprint density at radius 1 is 1.22 bits per heavy atom. The molecule has 2 amide bonds. The van der Waals surface area contributed by atoms with E-state index >= 15 is 0 Å². The smallest absolute Gasteiger partial charge is 0.255 e. The van der Waals surface area contributed by atoms with Crippen LogP contribution in [0, 0.1) is 5.82 Å².